The van der Waals surface area contributed by atoms with E-state index in [-0.39, 0.29) is 11.3 Å². The second-order valence-electron chi connectivity index (χ2n) is 8.28. The van der Waals surface area contributed by atoms with Crippen molar-refractivity contribution >= 4 is 44.0 Å². The third-order valence-corrected chi connectivity index (χ3v) is 7.31. The van der Waals surface area contributed by atoms with Gasteiger partial charge in [0, 0.05) is 51.8 Å². The molecule has 7 nitrogen and oxygen atoms in total. The monoisotopic (exact) mass is 443 g/mol. The Kier molecular flexibility index (Phi) is 4.41. The Bertz CT molecular complexity index is 1280. The third kappa shape index (κ3) is 3.18. The molecule has 2 aliphatic rings. The molecule has 1 aliphatic heterocycles. The number of halogens is 1. The first-order valence-electron chi connectivity index (χ1n) is 9.90. The fourth-order valence-electron chi connectivity index (χ4n) is 4.47. The first kappa shape index (κ1) is 19.5. The van der Waals surface area contributed by atoms with Crippen LogP contribution in [-0.2, 0) is 33.0 Å². The van der Waals surface area contributed by atoms with Gasteiger partial charge in [-0.2, -0.15) is 0 Å². The van der Waals surface area contributed by atoms with E-state index in [9.17, 15) is 9.00 Å². The molecule has 30 heavy (non-hydrogen) atoms. The number of nitrogens with zero attached hydrogens (tertiary/aromatic N) is 4. The predicted molar refractivity (Wildman–Crippen MR) is 117 cm³/mol. The van der Waals surface area contributed by atoms with E-state index in [1.54, 1.807) is 18.6 Å². The van der Waals surface area contributed by atoms with Crippen molar-refractivity contribution in [3.63, 3.8) is 0 Å². The lowest BCUT2D eigenvalue weighted by molar-refractivity contribution is -0.120. The topological polar surface area (TPSA) is 91.9 Å². The molecule has 1 spiro atoms. The summed E-state index contributed by atoms with van der Waals surface area (Å²) in [4.78, 5) is 23.8. The Morgan fingerprint density at radius 1 is 1.30 bits per heavy atom. The molecular weight excluding hydrogens is 422 g/mol. The summed E-state index contributed by atoms with van der Waals surface area (Å²) >= 11 is 6.14. The van der Waals surface area contributed by atoms with Gasteiger partial charge in [-0.15, -0.1) is 0 Å². The SMILES string of the molecule is CS(=N)(=O)CCCn1c(CN2C(=O)C3(CC3)c3ccncc32)cc2cc(Cl)cnc21. The van der Waals surface area contributed by atoms with Crippen LogP contribution >= 0.6 is 11.6 Å². The van der Waals surface area contributed by atoms with E-state index in [1.165, 1.54) is 6.26 Å². The van der Waals surface area contributed by atoms with Crippen LogP contribution in [0.4, 0.5) is 5.69 Å². The van der Waals surface area contributed by atoms with Crippen molar-refractivity contribution in [2.75, 3.05) is 16.9 Å². The minimum atomic E-state index is -2.56. The van der Waals surface area contributed by atoms with Crippen molar-refractivity contribution < 1.29 is 9.00 Å². The number of hydrogen-bond donors (Lipinski definition) is 1. The molecule has 156 valence electrons. The fourth-order valence-corrected chi connectivity index (χ4v) is 5.31. The number of aryl methyl sites for hydroxylation is 1. The van der Waals surface area contributed by atoms with E-state index in [2.05, 4.69) is 14.5 Å². The van der Waals surface area contributed by atoms with Gasteiger partial charge in [0.15, 0.2) is 0 Å². The highest BCUT2D eigenvalue weighted by Gasteiger charge is 2.59. The van der Waals surface area contributed by atoms with Crippen LogP contribution in [0.3, 0.4) is 0 Å². The molecule has 3 aromatic rings. The van der Waals surface area contributed by atoms with Gasteiger partial charge in [-0.3, -0.25) is 18.8 Å². The van der Waals surface area contributed by atoms with Crippen molar-refractivity contribution in [2.24, 2.45) is 0 Å². The standard InChI is InChI=1S/C21H22ClN5O2S/c1-30(23,29)8-2-7-26-16(10-14-9-15(22)11-25-19(14)26)13-27-18-12-24-6-3-17(18)21(4-5-21)20(27)28/h3,6,9-12,23H,2,4-5,7-8,13H2,1H3. The maximum atomic E-state index is 13.3. The highest BCUT2D eigenvalue weighted by Crippen LogP contribution is 2.57. The lowest BCUT2D eigenvalue weighted by Crippen LogP contribution is -2.32. The molecule has 5 rings (SSSR count). The number of pyridine rings is 2. The lowest BCUT2D eigenvalue weighted by Gasteiger charge is -2.19. The molecule has 1 unspecified atom stereocenters. The van der Waals surface area contributed by atoms with Crippen LogP contribution in [0.2, 0.25) is 5.02 Å². The molecule has 1 fully saturated rings. The van der Waals surface area contributed by atoms with E-state index >= 15 is 0 Å². The number of amides is 1. The van der Waals surface area contributed by atoms with E-state index in [4.69, 9.17) is 16.4 Å². The van der Waals surface area contributed by atoms with E-state index in [0.717, 1.165) is 40.8 Å². The van der Waals surface area contributed by atoms with Crippen LogP contribution in [0.5, 0.6) is 0 Å². The van der Waals surface area contributed by atoms with Gasteiger partial charge in [-0.1, -0.05) is 11.6 Å². The molecule has 0 saturated heterocycles. The molecular formula is C21H22ClN5O2S. The van der Waals surface area contributed by atoms with Crippen LogP contribution in [0.25, 0.3) is 11.0 Å². The minimum Gasteiger partial charge on any atom is -0.328 e. The molecule has 3 aromatic heterocycles. The predicted octanol–water partition coefficient (Wildman–Crippen LogP) is 3.73. The summed E-state index contributed by atoms with van der Waals surface area (Å²) in [5.74, 6) is 0.453. The smallest absolute Gasteiger partial charge is 0.238 e. The van der Waals surface area contributed by atoms with Crippen LogP contribution in [0.1, 0.15) is 30.5 Å². The first-order chi connectivity index (χ1) is 14.3. The lowest BCUT2D eigenvalue weighted by atomic mass is 9.99. The molecule has 0 bridgehead atoms. The molecule has 1 aliphatic carbocycles. The summed E-state index contributed by atoms with van der Waals surface area (Å²) in [6.45, 7) is 0.986. The molecule has 1 saturated carbocycles. The highest BCUT2D eigenvalue weighted by molar-refractivity contribution is 7.91. The average Bonchev–Trinajstić information content (AvgIpc) is 3.38. The van der Waals surface area contributed by atoms with Crippen molar-refractivity contribution in [3.8, 4) is 0 Å². The van der Waals surface area contributed by atoms with E-state index in [0.29, 0.717) is 30.3 Å². The Balaban J connectivity index is 1.52. The first-order valence-corrected chi connectivity index (χ1v) is 12.4. The molecule has 1 amide bonds. The average molecular weight is 444 g/mol. The van der Waals surface area contributed by atoms with Gasteiger partial charge in [0.1, 0.15) is 5.65 Å². The number of carbonyl (C=O) groups excluding carboxylic acids is 1. The van der Waals surface area contributed by atoms with Gasteiger partial charge in [-0.05, 0) is 43.0 Å². The zero-order chi connectivity index (χ0) is 21.1. The zero-order valence-electron chi connectivity index (χ0n) is 16.6. The second kappa shape index (κ2) is 6.78. The number of nitrogens with one attached hydrogen (secondary N) is 1. The highest BCUT2D eigenvalue weighted by atomic mass is 35.5. The summed E-state index contributed by atoms with van der Waals surface area (Å²) in [5.41, 5.74) is 3.31. The number of aromatic nitrogens is 3. The Labute approximate surface area is 180 Å². The maximum Gasteiger partial charge on any atom is 0.238 e. The number of fused-ring (bicyclic) bond motifs is 3. The second-order valence-corrected chi connectivity index (χ2v) is 11.1. The molecule has 4 heterocycles. The van der Waals surface area contributed by atoms with Gasteiger partial charge in [-0.25, -0.2) is 4.98 Å². The third-order valence-electron chi connectivity index (χ3n) is 6.03. The van der Waals surface area contributed by atoms with Crippen LogP contribution in [0, 0.1) is 4.78 Å². The summed E-state index contributed by atoms with van der Waals surface area (Å²) < 4.78 is 21.5. The van der Waals surface area contributed by atoms with Gasteiger partial charge < -0.3 is 9.47 Å². The largest absolute Gasteiger partial charge is 0.328 e. The summed E-state index contributed by atoms with van der Waals surface area (Å²) in [7, 11) is -2.56. The van der Waals surface area contributed by atoms with Crippen LogP contribution < -0.4 is 4.90 Å². The Morgan fingerprint density at radius 2 is 2.10 bits per heavy atom. The van der Waals surface area contributed by atoms with Crippen molar-refractivity contribution in [2.45, 2.75) is 37.8 Å². The van der Waals surface area contributed by atoms with Crippen molar-refractivity contribution in [1.29, 1.82) is 4.78 Å². The minimum absolute atomic E-state index is 0.135. The number of rotatable bonds is 6. The van der Waals surface area contributed by atoms with Crippen LogP contribution in [0.15, 0.2) is 36.8 Å². The molecule has 0 radical (unpaired) electrons. The Morgan fingerprint density at radius 3 is 2.83 bits per heavy atom. The molecule has 9 heteroatoms. The number of hydrogen-bond acceptors (Lipinski definition) is 5. The van der Waals surface area contributed by atoms with Crippen LogP contribution in [-0.4, -0.2) is 36.7 Å². The normalized spacial score (nSPS) is 18.7. The van der Waals surface area contributed by atoms with Crippen molar-refractivity contribution in [3.05, 3.63) is 53.1 Å². The van der Waals surface area contributed by atoms with Gasteiger partial charge in [0.2, 0.25) is 5.91 Å². The summed E-state index contributed by atoms with van der Waals surface area (Å²) in [6.07, 6.45) is 8.95. The zero-order valence-corrected chi connectivity index (χ0v) is 18.2. The molecule has 1 N–H and O–H groups in total. The molecule has 1 atom stereocenters. The quantitative estimate of drug-likeness (QED) is 0.628. The van der Waals surface area contributed by atoms with Gasteiger partial charge >= 0.3 is 0 Å². The van der Waals surface area contributed by atoms with E-state index in [1.807, 2.05) is 23.1 Å². The Hall–Kier alpha value is -2.45. The van der Waals surface area contributed by atoms with Crippen molar-refractivity contribution in [1.82, 2.24) is 14.5 Å². The maximum absolute atomic E-state index is 13.3. The molecule has 0 aromatic carbocycles. The van der Waals surface area contributed by atoms with Gasteiger partial charge in [0.05, 0.1) is 28.9 Å². The summed E-state index contributed by atoms with van der Waals surface area (Å²) in [6, 6.07) is 5.84. The van der Waals surface area contributed by atoms with E-state index < -0.39 is 9.73 Å². The summed E-state index contributed by atoms with van der Waals surface area (Å²) in [5, 5.41) is 1.46. The fraction of sp³-hybridized carbons (Fsp3) is 0.381. The number of anilines is 1. The van der Waals surface area contributed by atoms with Gasteiger partial charge in [0.25, 0.3) is 0 Å². The number of carbonyl (C=O) groups is 1.